The van der Waals surface area contributed by atoms with Crippen LogP contribution in [0.5, 0.6) is 0 Å². The van der Waals surface area contributed by atoms with Gasteiger partial charge in [0.25, 0.3) is 0 Å². The van der Waals surface area contributed by atoms with Crippen molar-refractivity contribution in [3.63, 3.8) is 0 Å². The third-order valence-electron chi connectivity index (χ3n) is 6.63. The van der Waals surface area contributed by atoms with Gasteiger partial charge in [-0.25, -0.2) is 0 Å². The van der Waals surface area contributed by atoms with Crippen LogP contribution in [0.3, 0.4) is 0 Å². The Morgan fingerprint density at radius 1 is 0.591 bits per heavy atom. The number of benzene rings is 4. The molecule has 10 heteroatoms. The second kappa shape index (κ2) is 17.0. The fourth-order valence-electron chi connectivity index (χ4n) is 4.56. The maximum absolute atomic E-state index is 10.1. The Kier molecular flexibility index (Phi) is 13.5. The van der Waals surface area contributed by atoms with Crippen LogP contribution in [0, 0.1) is 12.1 Å². The molecule has 6 aromatic rings. The molecule has 0 spiro atoms. The fraction of sp³-hybridized carbons (Fsp3) is 0.176. The third kappa shape index (κ3) is 9.20. The molecule has 0 aliphatic carbocycles. The van der Waals surface area contributed by atoms with E-state index in [0.717, 1.165) is 21.8 Å². The first-order chi connectivity index (χ1) is 20.5. The van der Waals surface area contributed by atoms with Crippen LogP contribution < -0.4 is 0 Å². The summed E-state index contributed by atoms with van der Waals surface area (Å²) in [7, 11) is 0. The van der Waals surface area contributed by atoms with E-state index in [4.69, 9.17) is 10.2 Å². The van der Waals surface area contributed by atoms with Gasteiger partial charge in [-0.2, -0.15) is 0 Å². The number of rotatable bonds is 0. The Bertz CT molecular complexity index is 1610. The second-order valence-corrected chi connectivity index (χ2v) is 9.63. The van der Waals surface area contributed by atoms with Crippen molar-refractivity contribution in [2.75, 3.05) is 0 Å². The van der Waals surface area contributed by atoms with E-state index < -0.39 is 12.5 Å². The molecule has 2 aromatic heterocycles. The number of carbonyl (C=O) groups excluding carboxylic acids is 2. The zero-order chi connectivity index (χ0) is 29.3. The van der Waals surface area contributed by atoms with Crippen molar-refractivity contribution in [2.24, 2.45) is 0 Å². The summed E-state index contributed by atoms with van der Waals surface area (Å²) < 4.78 is 0. The zero-order valence-electron chi connectivity index (χ0n) is 23.4. The molecule has 2 atom stereocenters. The molecule has 2 saturated heterocycles. The summed E-state index contributed by atoms with van der Waals surface area (Å²) in [6.45, 7) is 0. The van der Waals surface area contributed by atoms with Crippen molar-refractivity contribution in [3.8, 4) is 0 Å². The smallest absolute Gasteiger partial charge is 0.629 e. The summed E-state index contributed by atoms with van der Waals surface area (Å²) in [5.41, 5.74) is 2.07. The molecule has 0 radical (unpaired) electrons. The molecule has 0 bridgehead atoms. The normalized spacial score (nSPS) is 16.6. The Morgan fingerprint density at radius 2 is 0.977 bits per heavy atom. The van der Waals surface area contributed by atoms with Crippen molar-refractivity contribution < 1.29 is 60.6 Å². The molecule has 2 fully saturated rings. The van der Waals surface area contributed by atoms with Gasteiger partial charge >= 0.3 is 40.8 Å². The van der Waals surface area contributed by atoms with Gasteiger partial charge in [0.15, 0.2) is 0 Å². The van der Waals surface area contributed by atoms with E-state index in [-0.39, 0.29) is 52.7 Å². The van der Waals surface area contributed by atoms with Crippen molar-refractivity contribution in [1.29, 1.82) is 0 Å². The first-order valence-electron chi connectivity index (χ1n) is 13.6. The average Bonchev–Trinajstić information content (AvgIpc) is 3.62. The number of hydrogen-bond donors (Lipinski definition) is 2. The number of aliphatic hydroxyl groups is 2. The molecular formula is C34H28N4O4Pd2. The van der Waals surface area contributed by atoms with Gasteiger partial charge in [0, 0.05) is 12.4 Å². The van der Waals surface area contributed by atoms with Crippen LogP contribution in [-0.4, -0.2) is 44.5 Å². The van der Waals surface area contributed by atoms with Gasteiger partial charge in [-0.05, 0) is 72.1 Å². The van der Waals surface area contributed by atoms with Crippen LogP contribution in [-0.2, 0) is 50.4 Å². The molecule has 228 valence electrons. The number of nitrogens with zero attached hydrogens (tertiary/aromatic N) is 4. The van der Waals surface area contributed by atoms with E-state index in [1.807, 2.05) is 48.8 Å². The van der Waals surface area contributed by atoms with Crippen LogP contribution >= 0.6 is 0 Å². The Hall–Kier alpha value is -3.60. The molecule has 2 amide bonds. The van der Waals surface area contributed by atoms with Crippen molar-refractivity contribution in [1.82, 2.24) is 9.97 Å². The van der Waals surface area contributed by atoms with Gasteiger partial charge < -0.3 is 40.4 Å². The first kappa shape index (κ1) is 34.9. The summed E-state index contributed by atoms with van der Waals surface area (Å²) in [5.74, 6) is -0.347. The number of amides is 2. The molecule has 2 unspecified atom stereocenters. The van der Waals surface area contributed by atoms with Crippen LogP contribution in [0.4, 0.5) is 0 Å². The van der Waals surface area contributed by atoms with Crippen molar-refractivity contribution >= 4 is 55.2 Å². The molecule has 44 heavy (non-hydrogen) atoms. The number of pyridine rings is 2. The molecule has 0 saturated carbocycles. The summed E-state index contributed by atoms with van der Waals surface area (Å²) in [6, 6.07) is 34.9. The second-order valence-electron chi connectivity index (χ2n) is 9.63. The van der Waals surface area contributed by atoms with E-state index in [9.17, 15) is 9.59 Å². The van der Waals surface area contributed by atoms with Crippen LogP contribution in [0.25, 0.3) is 54.0 Å². The number of hydrogen-bond acceptors (Lipinski definition) is 6. The van der Waals surface area contributed by atoms with Gasteiger partial charge in [-0.1, -0.05) is 36.4 Å². The Balaban J connectivity index is 0.000000166. The predicted octanol–water partition coefficient (Wildman–Crippen LogP) is 6.37. The Labute approximate surface area is 282 Å². The standard InChI is InChI=1S/2C13H8N.2C4H7NO2.2Pd/c2*1-2-6-12-10(4-1)7-8-11-5-3-9-14-13(11)12;2*6-3-1-2-4(7)5-3;;/h2*1-5,7-9H;2*3,6H,1-2H2,(H,5,7);;/q2*-1;;;2*+2/p-2. The van der Waals surface area contributed by atoms with Crippen molar-refractivity contribution in [3.05, 3.63) is 120 Å². The van der Waals surface area contributed by atoms with Crippen LogP contribution in [0.2, 0.25) is 0 Å². The minimum absolute atomic E-state index is 0. The third-order valence-corrected chi connectivity index (χ3v) is 6.63. The summed E-state index contributed by atoms with van der Waals surface area (Å²) >= 11 is 0. The van der Waals surface area contributed by atoms with E-state index in [1.54, 1.807) is 0 Å². The molecule has 8 rings (SSSR count). The number of aromatic nitrogens is 2. The van der Waals surface area contributed by atoms with E-state index in [2.05, 4.69) is 81.3 Å². The summed E-state index contributed by atoms with van der Waals surface area (Å²) in [5, 5.41) is 30.6. The van der Waals surface area contributed by atoms with Gasteiger partial charge in [0.05, 0.1) is 11.8 Å². The minimum Gasteiger partial charge on any atom is -0.629 e. The molecule has 8 nitrogen and oxygen atoms in total. The first-order valence-corrected chi connectivity index (χ1v) is 13.6. The zero-order valence-corrected chi connectivity index (χ0v) is 26.5. The number of fused-ring (bicyclic) bond motifs is 6. The SMILES string of the molecule is O=C1CCC(O)[N-]1.O=C1CCC(O)[N-]1.[Pd+2].[Pd+2].[c-]1cccc2ccc3cccnc3c12.[c-]1cccc2ccc3cccnc3c12. The van der Waals surface area contributed by atoms with E-state index >= 15 is 0 Å². The molecule has 4 aromatic carbocycles. The van der Waals surface area contributed by atoms with E-state index in [1.165, 1.54) is 21.5 Å². The largest absolute Gasteiger partial charge is 2.00 e. The fourth-order valence-corrected chi connectivity index (χ4v) is 4.56. The van der Waals surface area contributed by atoms with Gasteiger partial charge in [-0.3, -0.25) is 0 Å². The quantitative estimate of drug-likeness (QED) is 0.105. The van der Waals surface area contributed by atoms with E-state index in [0.29, 0.717) is 25.7 Å². The minimum atomic E-state index is -0.701. The van der Waals surface area contributed by atoms with Gasteiger partial charge in [0.2, 0.25) is 0 Å². The number of aliphatic hydroxyl groups excluding tert-OH is 2. The van der Waals surface area contributed by atoms with Crippen molar-refractivity contribution in [2.45, 2.75) is 38.1 Å². The van der Waals surface area contributed by atoms with Gasteiger partial charge in [-0.15, -0.1) is 70.1 Å². The summed E-state index contributed by atoms with van der Waals surface area (Å²) in [6.07, 6.45) is 4.10. The van der Waals surface area contributed by atoms with Crippen LogP contribution in [0.1, 0.15) is 25.7 Å². The molecule has 2 N–H and O–H groups in total. The average molecular weight is 769 g/mol. The molecular weight excluding hydrogens is 741 g/mol. The number of carbonyl (C=O) groups is 2. The monoisotopic (exact) mass is 768 g/mol. The predicted molar refractivity (Wildman–Crippen MR) is 163 cm³/mol. The maximum atomic E-state index is 10.1. The maximum Gasteiger partial charge on any atom is 2.00 e. The summed E-state index contributed by atoms with van der Waals surface area (Å²) in [4.78, 5) is 29.0. The Morgan fingerprint density at radius 3 is 1.32 bits per heavy atom. The molecule has 4 heterocycles. The molecule has 2 aliphatic rings. The van der Waals surface area contributed by atoms with Gasteiger partial charge in [0.1, 0.15) is 0 Å². The topological polar surface area (TPSA) is 129 Å². The molecule has 2 aliphatic heterocycles. The van der Waals surface area contributed by atoms with Crippen LogP contribution in [0.15, 0.2) is 97.3 Å².